The first kappa shape index (κ1) is 21.1. The first-order valence-corrected chi connectivity index (χ1v) is 8.91. The topological polar surface area (TPSA) is 110 Å². The zero-order valence-corrected chi connectivity index (χ0v) is 15.5. The van der Waals surface area contributed by atoms with Crippen molar-refractivity contribution in [3.8, 4) is 11.6 Å². The normalized spacial score (nSPS) is 11.3. The highest BCUT2D eigenvalue weighted by Gasteiger charge is 2.30. The fourth-order valence-electron chi connectivity index (χ4n) is 2.46. The summed E-state index contributed by atoms with van der Waals surface area (Å²) in [5.41, 5.74) is -0.734. The lowest BCUT2D eigenvalue weighted by molar-refractivity contribution is -0.137. The summed E-state index contributed by atoms with van der Waals surface area (Å²) >= 11 is 0. The molecule has 0 saturated heterocycles. The summed E-state index contributed by atoms with van der Waals surface area (Å²) < 4.78 is 47.8. The Morgan fingerprint density at radius 1 is 1.03 bits per heavy atom. The highest BCUT2D eigenvalue weighted by atomic mass is 19.4. The molecule has 0 aliphatic carbocycles. The molecule has 0 unspecified atom stereocenters. The number of furan rings is 1. The lowest BCUT2D eigenvalue weighted by Crippen LogP contribution is -2.34. The molecule has 2 aromatic heterocycles. The first-order valence-electron chi connectivity index (χ1n) is 8.91. The lowest BCUT2D eigenvalue weighted by Gasteiger charge is -2.09. The van der Waals surface area contributed by atoms with Crippen molar-refractivity contribution < 1.29 is 31.7 Å². The van der Waals surface area contributed by atoms with Gasteiger partial charge in [0.15, 0.2) is 5.76 Å². The Morgan fingerprint density at radius 3 is 2.43 bits per heavy atom. The fraction of sp³-hybridized carbons (Fsp3) is 0.263. The molecule has 3 rings (SSSR count). The van der Waals surface area contributed by atoms with Gasteiger partial charge >= 0.3 is 6.18 Å². The minimum Gasteiger partial charge on any atom is -0.461 e. The molecule has 0 spiro atoms. The number of alkyl halides is 3. The van der Waals surface area contributed by atoms with Crippen molar-refractivity contribution in [2.75, 3.05) is 13.1 Å². The quantitative estimate of drug-likeness (QED) is 0.540. The van der Waals surface area contributed by atoms with Crippen LogP contribution in [0, 0.1) is 0 Å². The van der Waals surface area contributed by atoms with E-state index < -0.39 is 17.6 Å². The van der Waals surface area contributed by atoms with Crippen LogP contribution in [0.1, 0.15) is 28.2 Å². The Bertz CT molecular complexity index is 982. The van der Waals surface area contributed by atoms with E-state index in [1.54, 1.807) is 12.1 Å². The fourth-order valence-corrected chi connectivity index (χ4v) is 2.46. The summed E-state index contributed by atoms with van der Waals surface area (Å²) in [6.45, 7) is 0.279. The molecule has 11 heteroatoms. The van der Waals surface area contributed by atoms with Gasteiger partial charge in [-0.3, -0.25) is 9.59 Å². The lowest BCUT2D eigenvalue weighted by atomic mass is 10.1. The number of nitrogens with zero attached hydrogens (tertiary/aromatic N) is 2. The number of halogens is 3. The summed E-state index contributed by atoms with van der Waals surface area (Å²) in [7, 11) is 0. The number of benzene rings is 1. The maximum absolute atomic E-state index is 12.5. The van der Waals surface area contributed by atoms with Crippen LogP contribution >= 0.6 is 0 Å². The Kier molecular flexibility index (Phi) is 6.50. The van der Waals surface area contributed by atoms with Crippen LogP contribution in [0.3, 0.4) is 0 Å². The monoisotopic (exact) mass is 422 g/mol. The molecule has 1 aromatic carbocycles. The van der Waals surface area contributed by atoms with Crippen molar-refractivity contribution in [2.45, 2.75) is 19.0 Å². The van der Waals surface area contributed by atoms with Gasteiger partial charge in [0.1, 0.15) is 0 Å². The number of carbonyl (C=O) groups excluding carboxylic acids is 2. The number of aryl methyl sites for hydroxylation is 1. The highest BCUT2D eigenvalue weighted by molar-refractivity contribution is 5.94. The molecule has 0 saturated carbocycles. The maximum Gasteiger partial charge on any atom is 0.416 e. The van der Waals surface area contributed by atoms with Gasteiger partial charge in [-0.05, 0) is 36.4 Å². The number of rotatable bonds is 8. The van der Waals surface area contributed by atoms with Gasteiger partial charge in [-0.15, -0.1) is 0 Å². The van der Waals surface area contributed by atoms with Crippen LogP contribution in [0.2, 0.25) is 0 Å². The zero-order chi connectivity index (χ0) is 21.6. The van der Waals surface area contributed by atoms with E-state index in [1.165, 1.54) is 6.26 Å². The van der Waals surface area contributed by atoms with Crippen LogP contribution in [0.4, 0.5) is 13.2 Å². The average molecular weight is 422 g/mol. The first-order chi connectivity index (χ1) is 14.3. The van der Waals surface area contributed by atoms with E-state index in [9.17, 15) is 22.8 Å². The van der Waals surface area contributed by atoms with Crippen LogP contribution in [-0.2, 0) is 17.4 Å². The molecular weight excluding hydrogens is 405 g/mol. The van der Waals surface area contributed by atoms with Crippen molar-refractivity contribution in [1.82, 2.24) is 20.8 Å². The van der Waals surface area contributed by atoms with Gasteiger partial charge in [0.05, 0.1) is 11.8 Å². The van der Waals surface area contributed by atoms with Gasteiger partial charge in [-0.1, -0.05) is 5.16 Å². The molecule has 0 bridgehead atoms. The summed E-state index contributed by atoms with van der Waals surface area (Å²) in [5.74, 6) is 0.220. The Morgan fingerprint density at radius 2 is 1.77 bits per heavy atom. The standard InChI is InChI=1S/C19H17F3N4O4/c20-19(21,22)13-5-3-12(4-6-13)18(28)24-10-9-23-15(27)7-8-16-25-17(26-30-16)14-2-1-11-29-14/h1-6,11H,7-10H2,(H,23,27)(H,24,28). The van der Waals surface area contributed by atoms with Crippen LogP contribution in [0.15, 0.2) is 51.6 Å². The van der Waals surface area contributed by atoms with E-state index in [4.69, 9.17) is 8.94 Å². The third-order valence-electron chi connectivity index (χ3n) is 3.98. The predicted molar refractivity (Wildman–Crippen MR) is 97.1 cm³/mol. The molecule has 0 atom stereocenters. The maximum atomic E-state index is 12.5. The Balaban J connectivity index is 1.35. The number of hydrogen-bond donors (Lipinski definition) is 2. The molecule has 2 N–H and O–H groups in total. The van der Waals surface area contributed by atoms with Crippen LogP contribution in [0.5, 0.6) is 0 Å². The third-order valence-corrected chi connectivity index (χ3v) is 3.98. The molecule has 0 radical (unpaired) electrons. The number of nitrogens with one attached hydrogen (secondary N) is 2. The third kappa shape index (κ3) is 5.69. The molecule has 3 aromatic rings. The number of amides is 2. The zero-order valence-electron chi connectivity index (χ0n) is 15.5. The van der Waals surface area contributed by atoms with E-state index in [0.717, 1.165) is 24.3 Å². The second-order valence-corrected chi connectivity index (χ2v) is 6.17. The van der Waals surface area contributed by atoms with Gasteiger partial charge in [0, 0.05) is 31.5 Å². The predicted octanol–water partition coefficient (Wildman–Crippen LogP) is 2.83. The molecule has 0 aliphatic heterocycles. The summed E-state index contributed by atoms with van der Waals surface area (Å²) in [6, 6.07) is 7.24. The highest BCUT2D eigenvalue weighted by Crippen LogP contribution is 2.29. The number of carbonyl (C=O) groups is 2. The van der Waals surface area contributed by atoms with Crippen LogP contribution < -0.4 is 10.6 Å². The van der Waals surface area contributed by atoms with Crippen molar-refractivity contribution in [1.29, 1.82) is 0 Å². The molecule has 158 valence electrons. The molecule has 0 aliphatic rings. The minimum absolute atomic E-state index is 0.0954. The van der Waals surface area contributed by atoms with Gasteiger partial charge in [0.2, 0.25) is 17.6 Å². The smallest absolute Gasteiger partial charge is 0.416 e. The Hall–Kier alpha value is -3.63. The van der Waals surface area contributed by atoms with Crippen LogP contribution in [0.25, 0.3) is 11.6 Å². The molecule has 2 amide bonds. The van der Waals surface area contributed by atoms with Crippen molar-refractivity contribution in [2.24, 2.45) is 0 Å². The second-order valence-electron chi connectivity index (χ2n) is 6.17. The largest absolute Gasteiger partial charge is 0.461 e. The molecule has 30 heavy (non-hydrogen) atoms. The Labute approximate surface area is 168 Å². The van der Waals surface area contributed by atoms with Crippen LogP contribution in [-0.4, -0.2) is 35.0 Å². The average Bonchev–Trinajstić information content (AvgIpc) is 3.40. The van der Waals surface area contributed by atoms with E-state index in [2.05, 4.69) is 20.8 Å². The molecular formula is C19H17F3N4O4. The van der Waals surface area contributed by atoms with Gasteiger partial charge in [-0.25, -0.2) is 0 Å². The number of aromatic nitrogens is 2. The summed E-state index contributed by atoms with van der Waals surface area (Å²) in [4.78, 5) is 27.9. The van der Waals surface area contributed by atoms with E-state index in [1.807, 2.05) is 0 Å². The second kappa shape index (κ2) is 9.25. The van der Waals surface area contributed by atoms with Crippen molar-refractivity contribution >= 4 is 11.8 Å². The summed E-state index contributed by atoms with van der Waals surface area (Å²) in [6.07, 6.45) is -2.64. The van der Waals surface area contributed by atoms with Gasteiger partial charge in [-0.2, -0.15) is 18.2 Å². The van der Waals surface area contributed by atoms with E-state index in [-0.39, 0.29) is 43.3 Å². The van der Waals surface area contributed by atoms with Gasteiger partial charge < -0.3 is 19.6 Å². The molecule has 8 nitrogen and oxygen atoms in total. The minimum atomic E-state index is -4.46. The van der Waals surface area contributed by atoms with E-state index >= 15 is 0 Å². The van der Waals surface area contributed by atoms with Crippen molar-refractivity contribution in [3.05, 3.63) is 59.7 Å². The van der Waals surface area contributed by atoms with Crippen molar-refractivity contribution in [3.63, 3.8) is 0 Å². The van der Waals surface area contributed by atoms with Gasteiger partial charge in [0.25, 0.3) is 5.91 Å². The van der Waals surface area contributed by atoms with E-state index in [0.29, 0.717) is 11.6 Å². The summed E-state index contributed by atoms with van der Waals surface area (Å²) in [5, 5.41) is 8.89. The molecule has 0 fully saturated rings. The number of hydrogen-bond acceptors (Lipinski definition) is 6. The molecule has 2 heterocycles. The SMILES string of the molecule is O=C(CCc1nc(-c2ccco2)no1)NCCNC(=O)c1ccc(C(F)(F)F)cc1.